The van der Waals surface area contributed by atoms with Gasteiger partial charge in [0.2, 0.25) is 0 Å². The molecule has 3 aromatic rings. The molecule has 0 unspecified atom stereocenters. The van der Waals surface area contributed by atoms with Gasteiger partial charge in [-0.15, -0.1) is 0 Å². The van der Waals surface area contributed by atoms with Gasteiger partial charge in [0, 0.05) is 48.0 Å². The Labute approximate surface area is 225 Å². The van der Waals surface area contributed by atoms with Crippen molar-refractivity contribution >= 4 is 23.2 Å². The van der Waals surface area contributed by atoms with E-state index in [-0.39, 0.29) is 11.3 Å². The van der Waals surface area contributed by atoms with E-state index in [0.29, 0.717) is 31.9 Å². The second-order valence-corrected chi connectivity index (χ2v) is 11.0. The zero-order valence-electron chi connectivity index (χ0n) is 22.5. The van der Waals surface area contributed by atoms with E-state index < -0.39 is 0 Å². The number of carbonyl (C=O) groups excluding carboxylic acids is 1. The van der Waals surface area contributed by atoms with Gasteiger partial charge in [-0.3, -0.25) is 4.79 Å². The minimum Gasteiger partial charge on any atom is -0.493 e. The van der Waals surface area contributed by atoms with Crippen molar-refractivity contribution in [3.63, 3.8) is 0 Å². The SMILES string of the molecule is CCOc1ccc(C(=O)N2CCN(c3cc(Cl)ccc3C)CC2)cc1COc1ccc(C(C)(C)C)cc1. The predicted molar refractivity (Wildman–Crippen MR) is 151 cm³/mol. The molecule has 1 fully saturated rings. The lowest BCUT2D eigenvalue weighted by Crippen LogP contribution is -2.49. The summed E-state index contributed by atoms with van der Waals surface area (Å²) in [7, 11) is 0. The van der Waals surface area contributed by atoms with E-state index in [1.165, 1.54) is 11.1 Å². The third kappa shape index (κ3) is 6.58. The molecule has 0 aliphatic carbocycles. The molecule has 1 aliphatic rings. The molecule has 5 nitrogen and oxygen atoms in total. The van der Waals surface area contributed by atoms with Crippen LogP contribution in [0.4, 0.5) is 5.69 Å². The van der Waals surface area contributed by atoms with Gasteiger partial charge in [-0.2, -0.15) is 0 Å². The number of anilines is 1. The zero-order chi connectivity index (χ0) is 26.6. The average Bonchev–Trinajstić information content (AvgIpc) is 2.89. The molecule has 3 aromatic carbocycles. The standard InChI is InChI=1S/C31H37ClN2O3/c1-6-36-29-14-8-23(19-24(29)21-37-27-12-9-25(10-13-27)31(3,4)5)30(35)34-17-15-33(16-18-34)28-20-26(32)11-7-22(28)2/h7-14,19-20H,6,15-18,21H2,1-5H3. The number of hydrogen-bond donors (Lipinski definition) is 0. The van der Waals surface area contributed by atoms with Gasteiger partial charge >= 0.3 is 0 Å². The monoisotopic (exact) mass is 520 g/mol. The van der Waals surface area contributed by atoms with Crippen LogP contribution in [0.15, 0.2) is 60.7 Å². The fourth-order valence-electron chi connectivity index (χ4n) is 4.59. The molecule has 1 amide bonds. The Morgan fingerprint density at radius 1 is 0.919 bits per heavy atom. The first kappa shape index (κ1) is 26.9. The van der Waals surface area contributed by atoms with E-state index in [1.807, 2.05) is 60.4 Å². The summed E-state index contributed by atoms with van der Waals surface area (Å²) in [5.74, 6) is 1.56. The lowest BCUT2D eigenvalue weighted by atomic mass is 9.87. The molecular weight excluding hydrogens is 484 g/mol. The molecule has 0 aromatic heterocycles. The van der Waals surface area contributed by atoms with Crippen LogP contribution in [0, 0.1) is 6.92 Å². The topological polar surface area (TPSA) is 42.0 Å². The summed E-state index contributed by atoms with van der Waals surface area (Å²) in [5, 5.41) is 0.730. The maximum atomic E-state index is 13.4. The van der Waals surface area contributed by atoms with Crippen LogP contribution in [0.2, 0.25) is 5.02 Å². The molecular formula is C31H37ClN2O3. The quantitative estimate of drug-likeness (QED) is 0.340. The number of piperazine rings is 1. The van der Waals surface area contributed by atoms with Crippen LogP contribution in [0.25, 0.3) is 0 Å². The highest BCUT2D eigenvalue weighted by molar-refractivity contribution is 6.30. The third-order valence-electron chi connectivity index (χ3n) is 6.80. The smallest absolute Gasteiger partial charge is 0.253 e. The van der Waals surface area contributed by atoms with Crippen molar-refractivity contribution in [1.82, 2.24) is 4.90 Å². The van der Waals surface area contributed by atoms with Crippen LogP contribution in [-0.2, 0) is 12.0 Å². The number of rotatable bonds is 7. The number of hydrogen-bond acceptors (Lipinski definition) is 4. The van der Waals surface area contributed by atoms with Gasteiger partial charge in [0.25, 0.3) is 5.91 Å². The highest BCUT2D eigenvalue weighted by atomic mass is 35.5. The number of carbonyl (C=O) groups is 1. The van der Waals surface area contributed by atoms with Crippen LogP contribution < -0.4 is 14.4 Å². The third-order valence-corrected chi connectivity index (χ3v) is 7.04. The maximum Gasteiger partial charge on any atom is 0.253 e. The number of nitrogens with zero attached hydrogens (tertiary/aromatic N) is 2. The van der Waals surface area contributed by atoms with Crippen LogP contribution in [0.1, 0.15) is 54.7 Å². The molecule has 4 rings (SSSR count). The van der Waals surface area contributed by atoms with Crippen molar-refractivity contribution in [3.05, 3.63) is 87.9 Å². The van der Waals surface area contributed by atoms with Crippen LogP contribution in [0.5, 0.6) is 11.5 Å². The first-order valence-corrected chi connectivity index (χ1v) is 13.3. The Morgan fingerprint density at radius 2 is 1.62 bits per heavy atom. The Hall–Kier alpha value is -3.18. The average molecular weight is 521 g/mol. The van der Waals surface area contributed by atoms with E-state index in [9.17, 15) is 4.79 Å². The molecule has 37 heavy (non-hydrogen) atoms. The van der Waals surface area contributed by atoms with Gasteiger partial charge < -0.3 is 19.3 Å². The number of halogens is 1. The van der Waals surface area contributed by atoms with Crippen LogP contribution >= 0.6 is 11.6 Å². The van der Waals surface area contributed by atoms with Crippen molar-refractivity contribution in [2.75, 3.05) is 37.7 Å². The molecule has 0 N–H and O–H groups in total. The number of amides is 1. The molecule has 0 atom stereocenters. The van der Waals surface area contributed by atoms with Crippen molar-refractivity contribution in [2.24, 2.45) is 0 Å². The van der Waals surface area contributed by atoms with E-state index in [1.54, 1.807) is 0 Å². The Kier molecular flexibility index (Phi) is 8.33. The van der Waals surface area contributed by atoms with Crippen LogP contribution in [-0.4, -0.2) is 43.6 Å². The van der Waals surface area contributed by atoms with Gasteiger partial charge in [0.1, 0.15) is 18.1 Å². The van der Waals surface area contributed by atoms with Gasteiger partial charge in [-0.05, 0) is 72.9 Å². The Morgan fingerprint density at radius 3 is 2.27 bits per heavy atom. The van der Waals surface area contributed by atoms with E-state index >= 15 is 0 Å². The van der Waals surface area contributed by atoms with E-state index in [2.05, 4.69) is 44.7 Å². The van der Waals surface area contributed by atoms with Crippen molar-refractivity contribution < 1.29 is 14.3 Å². The molecule has 0 spiro atoms. The van der Waals surface area contributed by atoms with Gasteiger partial charge in [0.15, 0.2) is 0 Å². The largest absolute Gasteiger partial charge is 0.493 e. The summed E-state index contributed by atoms with van der Waals surface area (Å²) in [6, 6.07) is 19.8. The Bertz CT molecular complexity index is 1230. The lowest BCUT2D eigenvalue weighted by molar-refractivity contribution is 0.0746. The van der Waals surface area contributed by atoms with Crippen molar-refractivity contribution in [1.29, 1.82) is 0 Å². The molecule has 1 heterocycles. The summed E-state index contributed by atoms with van der Waals surface area (Å²) in [6.07, 6.45) is 0. The molecule has 1 aliphatic heterocycles. The van der Waals surface area contributed by atoms with Gasteiger partial charge in [0.05, 0.1) is 6.61 Å². The second kappa shape index (κ2) is 11.5. The Balaban J connectivity index is 1.44. The van der Waals surface area contributed by atoms with Crippen molar-refractivity contribution in [2.45, 2.75) is 46.6 Å². The fraction of sp³-hybridized carbons (Fsp3) is 0.387. The highest BCUT2D eigenvalue weighted by Gasteiger charge is 2.24. The zero-order valence-corrected chi connectivity index (χ0v) is 23.3. The summed E-state index contributed by atoms with van der Waals surface area (Å²) in [4.78, 5) is 17.6. The maximum absolute atomic E-state index is 13.4. The minimum atomic E-state index is 0.0290. The number of aryl methyl sites for hydroxylation is 1. The summed E-state index contributed by atoms with van der Waals surface area (Å²) < 4.78 is 11.9. The predicted octanol–water partition coefficient (Wildman–Crippen LogP) is 6.89. The molecule has 0 bridgehead atoms. The number of benzene rings is 3. The second-order valence-electron chi connectivity index (χ2n) is 10.5. The first-order valence-electron chi connectivity index (χ1n) is 12.9. The molecule has 196 valence electrons. The normalized spacial score (nSPS) is 14.0. The van der Waals surface area contributed by atoms with E-state index in [0.717, 1.165) is 40.9 Å². The lowest BCUT2D eigenvalue weighted by Gasteiger charge is -2.37. The summed E-state index contributed by atoms with van der Waals surface area (Å²) in [6.45, 7) is 14.3. The highest BCUT2D eigenvalue weighted by Crippen LogP contribution is 2.28. The first-order chi connectivity index (χ1) is 17.7. The molecule has 0 radical (unpaired) electrons. The van der Waals surface area contributed by atoms with E-state index in [4.69, 9.17) is 21.1 Å². The fourth-order valence-corrected chi connectivity index (χ4v) is 4.76. The van der Waals surface area contributed by atoms with Gasteiger partial charge in [-0.1, -0.05) is 50.6 Å². The molecule has 1 saturated heterocycles. The summed E-state index contributed by atoms with van der Waals surface area (Å²) >= 11 is 6.22. The molecule has 0 saturated carbocycles. The van der Waals surface area contributed by atoms with Crippen molar-refractivity contribution in [3.8, 4) is 11.5 Å². The number of ether oxygens (including phenoxy) is 2. The summed E-state index contributed by atoms with van der Waals surface area (Å²) in [5.41, 5.74) is 5.18. The van der Waals surface area contributed by atoms with Gasteiger partial charge in [-0.25, -0.2) is 0 Å². The minimum absolute atomic E-state index is 0.0290. The molecule has 6 heteroatoms. The van der Waals surface area contributed by atoms with Crippen LogP contribution in [0.3, 0.4) is 0 Å².